The molecule has 6 nitrogen and oxygen atoms in total. The summed E-state index contributed by atoms with van der Waals surface area (Å²) in [6, 6.07) is 5.00. The predicted molar refractivity (Wildman–Crippen MR) is 107 cm³/mol. The van der Waals surface area contributed by atoms with E-state index >= 15 is 0 Å². The third kappa shape index (κ3) is 4.31. The summed E-state index contributed by atoms with van der Waals surface area (Å²) in [6.07, 6.45) is 6.86. The molecule has 2 amide bonds. The molecule has 0 unspecified atom stereocenters. The summed E-state index contributed by atoms with van der Waals surface area (Å²) in [4.78, 5) is 30.3. The van der Waals surface area contributed by atoms with E-state index in [4.69, 9.17) is 4.74 Å². The van der Waals surface area contributed by atoms with Gasteiger partial charge < -0.3 is 15.0 Å². The van der Waals surface area contributed by atoms with Gasteiger partial charge in [0.2, 0.25) is 5.91 Å². The van der Waals surface area contributed by atoms with Gasteiger partial charge in [0.1, 0.15) is 17.6 Å². The van der Waals surface area contributed by atoms with E-state index in [1.165, 1.54) is 31.0 Å². The van der Waals surface area contributed by atoms with Crippen LogP contribution in [-0.4, -0.2) is 66.2 Å². The van der Waals surface area contributed by atoms with Gasteiger partial charge in [-0.25, -0.2) is 4.39 Å². The van der Waals surface area contributed by atoms with Crippen LogP contribution in [0.25, 0.3) is 0 Å². The lowest BCUT2D eigenvalue weighted by Crippen LogP contribution is -2.56. The largest absolute Gasteiger partial charge is 0.353 e. The lowest BCUT2D eigenvalue weighted by atomic mass is 9.89. The number of nitrogens with zero attached hydrogens (tertiary/aromatic N) is 2. The number of hydrogen-bond acceptors (Lipinski definition) is 4. The molecule has 0 radical (unpaired) electrons. The highest BCUT2D eigenvalue weighted by molar-refractivity contribution is 5.98. The second kappa shape index (κ2) is 8.79. The predicted octanol–water partition coefficient (Wildman–Crippen LogP) is 2.54. The molecule has 1 aromatic rings. The molecule has 3 fully saturated rings. The Balaban J connectivity index is 1.50. The molecule has 1 N–H and O–H groups in total. The Kier molecular flexibility index (Phi) is 6.15. The summed E-state index contributed by atoms with van der Waals surface area (Å²) in [5, 5.41) is 2.99. The lowest BCUT2D eigenvalue weighted by Gasteiger charge is -2.41. The maximum absolute atomic E-state index is 13.7. The molecule has 2 saturated heterocycles. The van der Waals surface area contributed by atoms with E-state index < -0.39 is 17.6 Å². The number of rotatable bonds is 5. The number of carbonyl (C=O) groups is 2. The molecule has 1 aliphatic carbocycles. The molecule has 7 heteroatoms. The molecule has 3 aliphatic rings. The van der Waals surface area contributed by atoms with Crippen molar-refractivity contribution in [2.45, 2.75) is 56.7 Å². The summed E-state index contributed by atoms with van der Waals surface area (Å²) in [5.41, 5.74) is -0.492. The molecule has 158 valence electrons. The van der Waals surface area contributed by atoms with E-state index in [-0.39, 0.29) is 24.0 Å². The van der Waals surface area contributed by atoms with E-state index in [2.05, 4.69) is 10.2 Å². The Morgan fingerprint density at radius 1 is 1.14 bits per heavy atom. The smallest absolute Gasteiger partial charge is 0.256 e. The van der Waals surface area contributed by atoms with Crippen LogP contribution in [0.2, 0.25) is 0 Å². The minimum absolute atomic E-state index is 0.184. The molecule has 29 heavy (non-hydrogen) atoms. The van der Waals surface area contributed by atoms with Gasteiger partial charge in [-0.2, -0.15) is 0 Å². The van der Waals surface area contributed by atoms with Crippen molar-refractivity contribution in [1.29, 1.82) is 0 Å². The van der Waals surface area contributed by atoms with Crippen molar-refractivity contribution in [2.24, 2.45) is 0 Å². The number of hydrogen-bond donors (Lipinski definition) is 1. The molecule has 1 aromatic carbocycles. The van der Waals surface area contributed by atoms with E-state index in [0.29, 0.717) is 19.4 Å². The maximum atomic E-state index is 13.7. The maximum Gasteiger partial charge on any atom is 0.256 e. The molecule has 1 saturated carbocycles. The standard InChI is InChI=1S/C22H30FN3O3/c23-18-8-6-7-17(15-18)21(28)26-19(16-29-22(26)9-2-1-3-10-22)20(27)24-11-14-25-12-4-5-13-25/h6-8,15,19H,1-5,9-14,16H2,(H,24,27)/t19-/m1/s1. The van der Waals surface area contributed by atoms with Gasteiger partial charge in [-0.1, -0.05) is 12.5 Å². The van der Waals surface area contributed by atoms with Crippen LogP contribution in [0, 0.1) is 5.82 Å². The van der Waals surface area contributed by atoms with Crippen LogP contribution < -0.4 is 5.32 Å². The third-order valence-electron chi connectivity index (χ3n) is 6.41. The zero-order valence-electron chi connectivity index (χ0n) is 16.9. The van der Waals surface area contributed by atoms with Crippen LogP contribution in [-0.2, 0) is 9.53 Å². The number of ether oxygens (including phenoxy) is 1. The first-order valence-electron chi connectivity index (χ1n) is 10.8. The van der Waals surface area contributed by atoms with Crippen molar-refractivity contribution >= 4 is 11.8 Å². The van der Waals surface area contributed by atoms with Crippen LogP contribution in [0.15, 0.2) is 24.3 Å². The zero-order chi connectivity index (χ0) is 20.3. The summed E-state index contributed by atoms with van der Waals surface area (Å²) in [5.74, 6) is -0.972. The average molecular weight is 403 g/mol. The number of benzene rings is 1. The van der Waals surface area contributed by atoms with Crippen LogP contribution >= 0.6 is 0 Å². The van der Waals surface area contributed by atoms with Gasteiger partial charge >= 0.3 is 0 Å². The van der Waals surface area contributed by atoms with Gasteiger partial charge in [-0.15, -0.1) is 0 Å². The monoisotopic (exact) mass is 403 g/mol. The fourth-order valence-corrected chi connectivity index (χ4v) is 4.89. The molecule has 0 aromatic heterocycles. The second-order valence-corrected chi connectivity index (χ2v) is 8.36. The summed E-state index contributed by atoms with van der Waals surface area (Å²) >= 11 is 0. The van der Waals surface area contributed by atoms with E-state index in [9.17, 15) is 14.0 Å². The highest BCUT2D eigenvalue weighted by Crippen LogP contribution is 2.41. The number of halogens is 1. The molecule has 2 aliphatic heterocycles. The van der Waals surface area contributed by atoms with Crippen molar-refractivity contribution in [1.82, 2.24) is 15.1 Å². The zero-order valence-corrected chi connectivity index (χ0v) is 16.9. The van der Waals surface area contributed by atoms with E-state index in [1.807, 2.05) is 0 Å². The fourth-order valence-electron chi connectivity index (χ4n) is 4.89. The van der Waals surface area contributed by atoms with Crippen LogP contribution in [0.3, 0.4) is 0 Å². The third-order valence-corrected chi connectivity index (χ3v) is 6.41. The Morgan fingerprint density at radius 3 is 2.62 bits per heavy atom. The average Bonchev–Trinajstić information content (AvgIpc) is 3.36. The molecule has 0 bridgehead atoms. The van der Waals surface area contributed by atoms with Gasteiger partial charge in [0.15, 0.2) is 0 Å². The molecule has 1 atom stereocenters. The van der Waals surface area contributed by atoms with Gasteiger partial charge in [0, 0.05) is 18.7 Å². The minimum Gasteiger partial charge on any atom is -0.353 e. The normalized spacial score (nSPS) is 24.2. The Morgan fingerprint density at radius 2 is 1.90 bits per heavy atom. The minimum atomic E-state index is -0.751. The second-order valence-electron chi connectivity index (χ2n) is 8.36. The number of nitrogens with one attached hydrogen (secondary N) is 1. The van der Waals surface area contributed by atoms with Crippen molar-refractivity contribution in [2.75, 3.05) is 32.8 Å². The molecule has 1 spiro atoms. The van der Waals surface area contributed by atoms with Crippen molar-refractivity contribution < 1.29 is 18.7 Å². The number of carbonyl (C=O) groups excluding carboxylic acids is 2. The van der Waals surface area contributed by atoms with Crippen molar-refractivity contribution in [3.63, 3.8) is 0 Å². The molecule has 4 rings (SSSR count). The SMILES string of the molecule is O=C(NCCN1CCCC1)[C@H]1COC2(CCCCC2)N1C(=O)c1cccc(F)c1. The van der Waals surface area contributed by atoms with Gasteiger partial charge in [-0.05, 0) is 69.8 Å². The quantitative estimate of drug-likeness (QED) is 0.821. The summed E-state index contributed by atoms with van der Waals surface area (Å²) < 4.78 is 19.9. The van der Waals surface area contributed by atoms with Gasteiger partial charge in [0.05, 0.1) is 6.61 Å². The van der Waals surface area contributed by atoms with Gasteiger partial charge in [-0.3, -0.25) is 14.5 Å². The molecule has 2 heterocycles. The Hall–Kier alpha value is -1.99. The lowest BCUT2D eigenvalue weighted by molar-refractivity contribution is -0.127. The fraction of sp³-hybridized carbons (Fsp3) is 0.636. The summed E-state index contributed by atoms with van der Waals surface area (Å²) in [6.45, 7) is 3.73. The number of likely N-dealkylation sites (tertiary alicyclic amines) is 1. The summed E-state index contributed by atoms with van der Waals surface area (Å²) in [7, 11) is 0. The highest BCUT2D eigenvalue weighted by Gasteiger charge is 2.52. The Bertz CT molecular complexity index is 745. The topological polar surface area (TPSA) is 61.9 Å². The van der Waals surface area contributed by atoms with Crippen LogP contribution in [0.5, 0.6) is 0 Å². The van der Waals surface area contributed by atoms with E-state index in [0.717, 1.165) is 38.9 Å². The van der Waals surface area contributed by atoms with Crippen LogP contribution in [0.1, 0.15) is 55.3 Å². The molecular weight excluding hydrogens is 373 g/mol. The van der Waals surface area contributed by atoms with E-state index in [1.54, 1.807) is 11.0 Å². The Labute approximate surface area is 171 Å². The molecular formula is C22H30FN3O3. The first kappa shape index (κ1) is 20.3. The van der Waals surface area contributed by atoms with Crippen LogP contribution in [0.4, 0.5) is 4.39 Å². The van der Waals surface area contributed by atoms with Crippen molar-refractivity contribution in [3.8, 4) is 0 Å². The number of amides is 2. The highest BCUT2D eigenvalue weighted by atomic mass is 19.1. The first-order chi connectivity index (χ1) is 14.1. The van der Waals surface area contributed by atoms with Crippen molar-refractivity contribution in [3.05, 3.63) is 35.6 Å². The van der Waals surface area contributed by atoms with Gasteiger partial charge in [0.25, 0.3) is 5.91 Å². The first-order valence-corrected chi connectivity index (χ1v) is 10.8.